The zero-order chi connectivity index (χ0) is 16.1. The van der Waals surface area contributed by atoms with Crippen molar-refractivity contribution in [3.05, 3.63) is 59.7 Å². The lowest BCUT2D eigenvalue weighted by molar-refractivity contribution is -0.113. The molecule has 0 atom stereocenters. The SMILES string of the molecule is CC(=O)c1ccccc1NC(=O)CSc1cc(F)ccc1F. The summed E-state index contributed by atoms with van der Waals surface area (Å²) in [6.07, 6.45) is 0. The molecule has 1 N–H and O–H groups in total. The predicted octanol–water partition coefficient (Wildman–Crippen LogP) is 3.90. The Morgan fingerprint density at radius 3 is 2.59 bits per heavy atom. The molecule has 0 radical (unpaired) electrons. The van der Waals surface area contributed by atoms with Crippen molar-refractivity contribution in [2.45, 2.75) is 11.8 Å². The summed E-state index contributed by atoms with van der Waals surface area (Å²) in [5, 5.41) is 2.60. The summed E-state index contributed by atoms with van der Waals surface area (Å²) in [7, 11) is 0. The van der Waals surface area contributed by atoms with Crippen molar-refractivity contribution in [3.8, 4) is 0 Å². The van der Waals surface area contributed by atoms with Gasteiger partial charge in [0.15, 0.2) is 5.78 Å². The first-order valence-electron chi connectivity index (χ1n) is 6.45. The Labute approximate surface area is 130 Å². The van der Waals surface area contributed by atoms with Crippen LogP contribution in [-0.2, 0) is 4.79 Å². The first-order chi connectivity index (χ1) is 10.5. The minimum atomic E-state index is -0.580. The number of thioether (sulfide) groups is 1. The second-order valence-electron chi connectivity index (χ2n) is 4.51. The van der Waals surface area contributed by atoms with Gasteiger partial charge in [0.2, 0.25) is 5.91 Å². The van der Waals surface area contributed by atoms with Gasteiger partial charge in [-0.2, -0.15) is 0 Å². The molecule has 0 aliphatic heterocycles. The number of benzene rings is 2. The van der Waals surface area contributed by atoms with Gasteiger partial charge in [-0.1, -0.05) is 12.1 Å². The normalized spacial score (nSPS) is 10.3. The number of hydrogen-bond donors (Lipinski definition) is 1. The maximum atomic E-state index is 13.5. The minimum Gasteiger partial charge on any atom is -0.325 e. The van der Waals surface area contributed by atoms with E-state index < -0.39 is 17.5 Å². The van der Waals surface area contributed by atoms with Gasteiger partial charge in [-0.15, -0.1) is 11.8 Å². The van der Waals surface area contributed by atoms with E-state index in [4.69, 9.17) is 0 Å². The molecule has 0 spiro atoms. The van der Waals surface area contributed by atoms with Crippen LogP contribution >= 0.6 is 11.8 Å². The molecular formula is C16H13F2NO2S. The standard InChI is InChI=1S/C16H13F2NO2S/c1-10(20)12-4-2-3-5-14(12)19-16(21)9-22-15-8-11(17)6-7-13(15)18/h2-8H,9H2,1H3,(H,19,21). The molecule has 2 aromatic carbocycles. The third-order valence-electron chi connectivity index (χ3n) is 2.83. The highest BCUT2D eigenvalue weighted by Gasteiger charge is 2.11. The smallest absolute Gasteiger partial charge is 0.234 e. The van der Waals surface area contributed by atoms with Gasteiger partial charge in [0.1, 0.15) is 11.6 Å². The molecule has 22 heavy (non-hydrogen) atoms. The number of para-hydroxylation sites is 1. The molecule has 0 heterocycles. The fourth-order valence-electron chi connectivity index (χ4n) is 1.82. The number of rotatable bonds is 5. The van der Waals surface area contributed by atoms with Gasteiger partial charge in [-0.05, 0) is 37.3 Å². The van der Waals surface area contributed by atoms with Crippen LogP contribution in [0.4, 0.5) is 14.5 Å². The summed E-state index contributed by atoms with van der Waals surface area (Å²) in [5.74, 6) is -1.80. The van der Waals surface area contributed by atoms with E-state index >= 15 is 0 Å². The van der Waals surface area contributed by atoms with Crippen LogP contribution in [-0.4, -0.2) is 17.4 Å². The Morgan fingerprint density at radius 1 is 1.14 bits per heavy atom. The lowest BCUT2D eigenvalue weighted by Crippen LogP contribution is -2.16. The molecule has 114 valence electrons. The largest absolute Gasteiger partial charge is 0.325 e. The third-order valence-corrected chi connectivity index (χ3v) is 3.86. The van der Waals surface area contributed by atoms with Crippen LogP contribution in [0.1, 0.15) is 17.3 Å². The average Bonchev–Trinajstić information content (AvgIpc) is 2.48. The van der Waals surface area contributed by atoms with Crippen molar-refractivity contribution in [2.24, 2.45) is 0 Å². The van der Waals surface area contributed by atoms with E-state index in [1.807, 2.05) is 0 Å². The van der Waals surface area contributed by atoms with Crippen LogP contribution in [0.3, 0.4) is 0 Å². The van der Waals surface area contributed by atoms with Gasteiger partial charge in [-0.3, -0.25) is 9.59 Å². The molecule has 0 saturated carbocycles. The highest BCUT2D eigenvalue weighted by atomic mass is 32.2. The van der Waals surface area contributed by atoms with Crippen molar-refractivity contribution in [2.75, 3.05) is 11.1 Å². The Bertz CT molecular complexity index is 719. The van der Waals surface area contributed by atoms with Crippen LogP contribution in [0.25, 0.3) is 0 Å². The Hall–Kier alpha value is -2.21. The zero-order valence-corrected chi connectivity index (χ0v) is 12.5. The highest BCUT2D eigenvalue weighted by Crippen LogP contribution is 2.23. The van der Waals surface area contributed by atoms with Crippen molar-refractivity contribution < 1.29 is 18.4 Å². The van der Waals surface area contributed by atoms with Gasteiger partial charge in [0.05, 0.1) is 11.4 Å². The summed E-state index contributed by atoms with van der Waals surface area (Å²) in [5.41, 5.74) is 0.804. The summed E-state index contributed by atoms with van der Waals surface area (Å²) >= 11 is 0.891. The van der Waals surface area contributed by atoms with Crippen LogP contribution in [0, 0.1) is 11.6 Å². The second-order valence-corrected chi connectivity index (χ2v) is 5.53. The highest BCUT2D eigenvalue weighted by molar-refractivity contribution is 8.00. The quantitative estimate of drug-likeness (QED) is 0.671. The lowest BCUT2D eigenvalue weighted by atomic mass is 10.1. The fraction of sp³-hybridized carbons (Fsp3) is 0.125. The molecular weight excluding hydrogens is 308 g/mol. The summed E-state index contributed by atoms with van der Waals surface area (Å²) in [6, 6.07) is 9.68. The van der Waals surface area contributed by atoms with Gasteiger partial charge in [0, 0.05) is 10.5 Å². The molecule has 2 aromatic rings. The number of amides is 1. The summed E-state index contributed by atoms with van der Waals surface area (Å²) in [6.45, 7) is 1.40. The van der Waals surface area contributed by atoms with E-state index in [2.05, 4.69) is 5.32 Å². The van der Waals surface area contributed by atoms with Crippen molar-refractivity contribution in [1.29, 1.82) is 0 Å². The molecule has 0 fully saturated rings. The molecule has 0 aromatic heterocycles. The van der Waals surface area contributed by atoms with Crippen molar-refractivity contribution in [3.63, 3.8) is 0 Å². The van der Waals surface area contributed by atoms with Crippen LogP contribution in [0.5, 0.6) is 0 Å². The number of ketones is 1. The molecule has 3 nitrogen and oxygen atoms in total. The summed E-state index contributed by atoms with van der Waals surface area (Å²) < 4.78 is 26.5. The van der Waals surface area contributed by atoms with Gasteiger partial charge < -0.3 is 5.32 Å². The van der Waals surface area contributed by atoms with Gasteiger partial charge >= 0.3 is 0 Å². The number of halogens is 2. The average molecular weight is 321 g/mol. The van der Waals surface area contributed by atoms with Crippen LogP contribution in [0.15, 0.2) is 47.4 Å². The topological polar surface area (TPSA) is 46.2 Å². The van der Waals surface area contributed by atoms with Crippen molar-refractivity contribution in [1.82, 2.24) is 0 Å². The molecule has 0 bridgehead atoms. The van der Waals surface area contributed by atoms with E-state index in [-0.39, 0.29) is 16.4 Å². The van der Waals surface area contributed by atoms with E-state index in [1.165, 1.54) is 6.92 Å². The monoisotopic (exact) mass is 321 g/mol. The molecule has 6 heteroatoms. The third kappa shape index (κ3) is 4.14. The number of anilines is 1. The first-order valence-corrected chi connectivity index (χ1v) is 7.43. The van der Waals surface area contributed by atoms with Gasteiger partial charge in [-0.25, -0.2) is 8.78 Å². The van der Waals surface area contributed by atoms with E-state index in [9.17, 15) is 18.4 Å². The van der Waals surface area contributed by atoms with Crippen LogP contribution < -0.4 is 5.32 Å². The number of nitrogens with one attached hydrogen (secondary N) is 1. The molecule has 2 rings (SSSR count). The van der Waals surface area contributed by atoms with E-state index in [1.54, 1.807) is 24.3 Å². The molecule has 0 saturated heterocycles. The maximum absolute atomic E-state index is 13.5. The minimum absolute atomic E-state index is 0.0648. The fourth-order valence-corrected chi connectivity index (χ4v) is 2.58. The Kier molecular flexibility index (Phi) is 5.27. The number of Topliss-reactive ketones (excluding diaryl/α,β-unsaturated/α-hetero) is 1. The molecule has 1 amide bonds. The number of carbonyl (C=O) groups excluding carboxylic acids is 2. The Balaban J connectivity index is 2.02. The zero-order valence-electron chi connectivity index (χ0n) is 11.7. The van der Waals surface area contributed by atoms with Crippen LogP contribution in [0.2, 0.25) is 0 Å². The number of carbonyl (C=O) groups is 2. The predicted molar refractivity (Wildman–Crippen MR) is 82.2 cm³/mol. The molecule has 0 unspecified atom stereocenters. The second kappa shape index (κ2) is 7.17. The summed E-state index contributed by atoms with van der Waals surface area (Å²) in [4.78, 5) is 23.4. The number of hydrogen-bond acceptors (Lipinski definition) is 3. The van der Waals surface area contributed by atoms with E-state index in [0.717, 1.165) is 30.0 Å². The molecule has 0 aliphatic rings. The van der Waals surface area contributed by atoms with Gasteiger partial charge in [0.25, 0.3) is 0 Å². The maximum Gasteiger partial charge on any atom is 0.234 e. The van der Waals surface area contributed by atoms with Crippen molar-refractivity contribution >= 4 is 29.1 Å². The molecule has 0 aliphatic carbocycles. The lowest BCUT2D eigenvalue weighted by Gasteiger charge is -2.09. The Morgan fingerprint density at radius 2 is 1.86 bits per heavy atom. The van der Waals surface area contributed by atoms with E-state index in [0.29, 0.717) is 11.3 Å². The first kappa shape index (κ1) is 16.2.